The largest absolute Gasteiger partial charge is 0.394 e. The number of rotatable bonds is 21. The van der Waals surface area contributed by atoms with E-state index in [2.05, 4.69) is 13.8 Å². The summed E-state index contributed by atoms with van der Waals surface area (Å²) in [6, 6.07) is 0. The molecule has 3 nitrogen and oxygen atoms in total. The molecule has 0 unspecified atom stereocenters. The molecule has 0 rings (SSSR count). The van der Waals surface area contributed by atoms with Gasteiger partial charge in [0, 0.05) is 13.1 Å². The Bertz CT molecular complexity index is 236. The standard InChI is InChI=1S/C22H47NO2/c1-3-5-6-7-8-9-10-11-12-13-14-15-16-17-18-19-20-23(4-2)25-22-21-24/h24H,3-22H2,1-2H3. The molecule has 0 aromatic carbocycles. The summed E-state index contributed by atoms with van der Waals surface area (Å²) in [6.07, 6.45) is 22.5. The highest BCUT2D eigenvalue weighted by molar-refractivity contribution is 4.51. The minimum atomic E-state index is 0.107. The van der Waals surface area contributed by atoms with E-state index >= 15 is 0 Å². The molecule has 3 heteroatoms. The van der Waals surface area contributed by atoms with Crippen LogP contribution in [0.2, 0.25) is 0 Å². The van der Waals surface area contributed by atoms with Crippen LogP contribution in [0, 0.1) is 0 Å². The monoisotopic (exact) mass is 357 g/mol. The lowest BCUT2D eigenvalue weighted by Gasteiger charge is -2.19. The fourth-order valence-electron chi connectivity index (χ4n) is 3.32. The summed E-state index contributed by atoms with van der Waals surface area (Å²) in [7, 11) is 0. The van der Waals surface area contributed by atoms with Crippen LogP contribution in [-0.2, 0) is 4.84 Å². The summed E-state index contributed by atoms with van der Waals surface area (Å²) in [5, 5.41) is 10.7. The van der Waals surface area contributed by atoms with Gasteiger partial charge in [-0.3, -0.25) is 4.84 Å². The summed E-state index contributed by atoms with van der Waals surface area (Å²) in [5.74, 6) is 0. The molecule has 0 atom stereocenters. The van der Waals surface area contributed by atoms with Crippen molar-refractivity contribution in [2.45, 2.75) is 117 Å². The van der Waals surface area contributed by atoms with E-state index in [1.54, 1.807) is 0 Å². The van der Waals surface area contributed by atoms with Crippen LogP contribution in [0.5, 0.6) is 0 Å². The van der Waals surface area contributed by atoms with Crippen LogP contribution in [-0.4, -0.2) is 36.5 Å². The SMILES string of the molecule is CCCCCCCCCCCCCCCCCCN(CC)OCCO. The van der Waals surface area contributed by atoms with E-state index in [4.69, 9.17) is 9.94 Å². The number of aliphatic hydroxyl groups is 1. The van der Waals surface area contributed by atoms with Crippen LogP contribution in [0.25, 0.3) is 0 Å². The Labute approximate surface area is 158 Å². The van der Waals surface area contributed by atoms with Crippen LogP contribution in [0.15, 0.2) is 0 Å². The molecule has 0 aliphatic heterocycles. The van der Waals surface area contributed by atoms with Crippen molar-refractivity contribution in [2.24, 2.45) is 0 Å². The van der Waals surface area contributed by atoms with Crippen LogP contribution in [0.3, 0.4) is 0 Å². The Morgan fingerprint density at radius 3 is 1.36 bits per heavy atom. The van der Waals surface area contributed by atoms with Crippen molar-refractivity contribution in [3.8, 4) is 0 Å². The predicted molar refractivity (Wildman–Crippen MR) is 110 cm³/mol. The third-order valence-corrected chi connectivity index (χ3v) is 4.98. The van der Waals surface area contributed by atoms with Crippen LogP contribution >= 0.6 is 0 Å². The van der Waals surface area contributed by atoms with Crippen molar-refractivity contribution >= 4 is 0 Å². The summed E-state index contributed by atoms with van der Waals surface area (Å²) in [4.78, 5) is 5.45. The molecule has 0 amide bonds. The van der Waals surface area contributed by atoms with Gasteiger partial charge >= 0.3 is 0 Å². The number of aliphatic hydroxyl groups excluding tert-OH is 1. The third-order valence-electron chi connectivity index (χ3n) is 4.98. The average Bonchev–Trinajstić information content (AvgIpc) is 2.63. The first-order chi connectivity index (χ1) is 12.3. The van der Waals surface area contributed by atoms with E-state index in [9.17, 15) is 0 Å². The van der Waals surface area contributed by atoms with Gasteiger partial charge < -0.3 is 5.11 Å². The van der Waals surface area contributed by atoms with Gasteiger partial charge in [0.15, 0.2) is 0 Å². The molecule has 0 saturated heterocycles. The molecule has 0 bridgehead atoms. The summed E-state index contributed by atoms with van der Waals surface area (Å²) >= 11 is 0. The van der Waals surface area contributed by atoms with Crippen molar-refractivity contribution in [1.82, 2.24) is 5.06 Å². The van der Waals surface area contributed by atoms with Gasteiger partial charge in [-0.05, 0) is 6.42 Å². The number of unbranched alkanes of at least 4 members (excludes halogenated alkanes) is 15. The molecule has 25 heavy (non-hydrogen) atoms. The second kappa shape index (κ2) is 21.9. The number of hydroxylamine groups is 2. The Kier molecular flexibility index (Phi) is 21.8. The second-order valence-corrected chi connectivity index (χ2v) is 7.38. The first-order valence-corrected chi connectivity index (χ1v) is 11.3. The van der Waals surface area contributed by atoms with Crippen molar-refractivity contribution < 1.29 is 9.94 Å². The lowest BCUT2D eigenvalue weighted by Crippen LogP contribution is -2.26. The zero-order valence-corrected chi connectivity index (χ0v) is 17.4. The minimum Gasteiger partial charge on any atom is -0.394 e. The lowest BCUT2D eigenvalue weighted by atomic mass is 10.0. The Morgan fingerprint density at radius 2 is 1.00 bits per heavy atom. The lowest BCUT2D eigenvalue weighted by molar-refractivity contribution is -0.163. The fourth-order valence-corrected chi connectivity index (χ4v) is 3.32. The smallest absolute Gasteiger partial charge is 0.0916 e. The van der Waals surface area contributed by atoms with E-state index < -0.39 is 0 Å². The van der Waals surface area contributed by atoms with Crippen LogP contribution < -0.4 is 0 Å². The van der Waals surface area contributed by atoms with E-state index in [0.29, 0.717) is 6.61 Å². The molecule has 0 aliphatic rings. The molecule has 0 saturated carbocycles. The molecular formula is C22H47NO2. The maximum Gasteiger partial charge on any atom is 0.0916 e. The summed E-state index contributed by atoms with van der Waals surface area (Å²) in [6.45, 7) is 6.82. The Balaban J connectivity index is 3.11. The maximum atomic E-state index is 8.77. The Hall–Kier alpha value is -0.120. The Morgan fingerprint density at radius 1 is 0.600 bits per heavy atom. The van der Waals surface area contributed by atoms with E-state index in [1.807, 2.05) is 5.06 Å². The van der Waals surface area contributed by atoms with Crippen molar-refractivity contribution in [3.63, 3.8) is 0 Å². The summed E-state index contributed by atoms with van der Waals surface area (Å²) in [5.41, 5.74) is 0. The zero-order chi connectivity index (χ0) is 18.4. The zero-order valence-electron chi connectivity index (χ0n) is 17.4. The molecule has 0 aromatic heterocycles. The fraction of sp³-hybridized carbons (Fsp3) is 1.00. The topological polar surface area (TPSA) is 32.7 Å². The van der Waals surface area contributed by atoms with Crippen LogP contribution in [0.4, 0.5) is 0 Å². The van der Waals surface area contributed by atoms with Gasteiger partial charge in [0.2, 0.25) is 0 Å². The van der Waals surface area contributed by atoms with E-state index in [1.165, 1.54) is 103 Å². The molecule has 0 heterocycles. The molecule has 0 aromatic rings. The van der Waals surface area contributed by atoms with Gasteiger partial charge in [-0.15, -0.1) is 0 Å². The predicted octanol–water partition coefficient (Wildman–Crippen LogP) is 6.49. The molecule has 1 N–H and O–H groups in total. The van der Waals surface area contributed by atoms with E-state index in [0.717, 1.165) is 13.1 Å². The quantitative estimate of drug-likeness (QED) is 0.188. The molecule has 152 valence electrons. The molecule has 0 fully saturated rings. The highest BCUT2D eigenvalue weighted by atomic mass is 16.7. The first kappa shape index (κ1) is 24.9. The highest BCUT2D eigenvalue weighted by Gasteiger charge is 2.01. The van der Waals surface area contributed by atoms with Crippen LogP contribution in [0.1, 0.15) is 117 Å². The third kappa shape index (κ3) is 20.0. The van der Waals surface area contributed by atoms with Crippen molar-refractivity contribution in [2.75, 3.05) is 26.3 Å². The maximum absolute atomic E-state index is 8.77. The normalized spacial score (nSPS) is 11.5. The van der Waals surface area contributed by atoms with Gasteiger partial charge in [0.25, 0.3) is 0 Å². The summed E-state index contributed by atoms with van der Waals surface area (Å²) < 4.78 is 0. The van der Waals surface area contributed by atoms with Gasteiger partial charge in [-0.25, -0.2) is 0 Å². The minimum absolute atomic E-state index is 0.107. The second-order valence-electron chi connectivity index (χ2n) is 7.38. The number of hydrogen-bond acceptors (Lipinski definition) is 3. The molecular weight excluding hydrogens is 310 g/mol. The van der Waals surface area contributed by atoms with Gasteiger partial charge in [-0.2, -0.15) is 5.06 Å². The number of nitrogens with zero attached hydrogens (tertiary/aromatic N) is 1. The van der Waals surface area contributed by atoms with Gasteiger partial charge in [0.05, 0.1) is 13.2 Å². The average molecular weight is 358 g/mol. The molecule has 0 spiro atoms. The van der Waals surface area contributed by atoms with E-state index in [-0.39, 0.29) is 6.61 Å². The number of hydrogen-bond donors (Lipinski definition) is 1. The van der Waals surface area contributed by atoms with Crippen molar-refractivity contribution in [1.29, 1.82) is 0 Å². The van der Waals surface area contributed by atoms with Gasteiger partial charge in [-0.1, -0.05) is 110 Å². The highest BCUT2D eigenvalue weighted by Crippen LogP contribution is 2.13. The molecule has 0 radical (unpaired) electrons. The van der Waals surface area contributed by atoms with Gasteiger partial charge in [0.1, 0.15) is 0 Å². The first-order valence-electron chi connectivity index (χ1n) is 11.3. The molecule has 0 aliphatic carbocycles. The van der Waals surface area contributed by atoms with Crippen molar-refractivity contribution in [3.05, 3.63) is 0 Å².